The van der Waals surface area contributed by atoms with Gasteiger partial charge in [0.15, 0.2) is 0 Å². The summed E-state index contributed by atoms with van der Waals surface area (Å²) in [5, 5.41) is 3.02. The van der Waals surface area contributed by atoms with E-state index in [-0.39, 0.29) is 5.91 Å². The third-order valence-electron chi connectivity index (χ3n) is 3.93. The van der Waals surface area contributed by atoms with Crippen LogP contribution in [0.2, 0.25) is 0 Å². The Labute approximate surface area is 114 Å². The Bertz CT molecular complexity index is 459. The van der Waals surface area contributed by atoms with E-state index >= 15 is 0 Å². The normalized spacial score (nSPS) is 22.3. The van der Waals surface area contributed by atoms with Crippen molar-refractivity contribution in [3.8, 4) is 0 Å². The molecule has 4 nitrogen and oxygen atoms in total. The van der Waals surface area contributed by atoms with Gasteiger partial charge in [0.2, 0.25) is 0 Å². The zero-order chi connectivity index (χ0) is 13.8. The van der Waals surface area contributed by atoms with Crippen molar-refractivity contribution in [3.05, 3.63) is 29.3 Å². The minimum absolute atomic E-state index is 0.0486. The average molecular weight is 261 g/mol. The maximum atomic E-state index is 12.2. The first-order chi connectivity index (χ1) is 9.10. The van der Waals surface area contributed by atoms with Crippen molar-refractivity contribution in [3.63, 3.8) is 0 Å². The zero-order valence-corrected chi connectivity index (χ0v) is 11.7. The molecule has 1 aliphatic carbocycles. The molecule has 4 N–H and O–H groups in total. The Hall–Kier alpha value is -1.55. The molecule has 4 heteroatoms. The van der Waals surface area contributed by atoms with Gasteiger partial charge in [-0.25, -0.2) is 0 Å². The summed E-state index contributed by atoms with van der Waals surface area (Å²) in [6.45, 7) is 5.02. The molecule has 1 aromatic rings. The van der Waals surface area contributed by atoms with Crippen LogP contribution in [0.1, 0.15) is 42.1 Å². The lowest BCUT2D eigenvalue weighted by atomic mass is 10.1. The van der Waals surface area contributed by atoms with Gasteiger partial charge in [-0.2, -0.15) is 0 Å². The molecule has 0 heterocycles. The highest BCUT2D eigenvalue weighted by atomic mass is 16.1. The van der Waals surface area contributed by atoms with Crippen molar-refractivity contribution in [2.75, 3.05) is 12.0 Å². The monoisotopic (exact) mass is 261 g/mol. The number of hydrazine groups is 1. The van der Waals surface area contributed by atoms with Crippen LogP contribution in [0.3, 0.4) is 0 Å². The van der Waals surface area contributed by atoms with Gasteiger partial charge in [-0.1, -0.05) is 19.4 Å². The standard InChI is InChI=1S/C15H23N3O/c1-10-3-5-12(7-10)9-17-15(19)13-6-4-11(2)8-14(13)18-16/h4,6,8,10,12,18H,3,5,7,9,16H2,1-2H3,(H,17,19). The molecule has 19 heavy (non-hydrogen) atoms. The van der Waals surface area contributed by atoms with Gasteiger partial charge in [0.1, 0.15) is 0 Å². The number of amides is 1. The van der Waals surface area contributed by atoms with Crippen LogP contribution in [0.15, 0.2) is 18.2 Å². The lowest BCUT2D eigenvalue weighted by molar-refractivity contribution is 0.0948. The molecule has 1 aromatic carbocycles. The number of hydrogen-bond donors (Lipinski definition) is 3. The predicted molar refractivity (Wildman–Crippen MR) is 77.8 cm³/mol. The molecule has 0 saturated heterocycles. The molecule has 2 atom stereocenters. The molecule has 2 rings (SSSR count). The number of carbonyl (C=O) groups is 1. The Balaban J connectivity index is 1.96. The first-order valence-electron chi connectivity index (χ1n) is 6.95. The highest BCUT2D eigenvalue weighted by Crippen LogP contribution is 2.29. The quantitative estimate of drug-likeness (QED) is 0.576. The van der Waals surface area contributed by atoms with Crippen molar-refractivity contribution >= 4 is 11.6 Å². The largest absolute Gasteiger partial charge is 0.352 e. The molecule has 1 amide bonds. The van der Waals surface area contributed by atoms with Gasteiger partial charge in [0, 0.05) is 6.54 Å². The number of carbonyl (C=O) groups excluding carboxylic acids is 1. The summed E-state index contributed by atoms with van der Waals surface area (Å²) >= 11 is 0. The van der Waals surface area contributed by atoms with Crippen molar-refractivity contribution in [1.82, 2.24) is 5.32 Å². The molecule has 0 bridgehead atoms. The molecule has 2 unspecified atom stereocenters. The SMILES string of the molecule is Cc1ccc(C(=O)NCC2CCC(C)C2)c(NN)c1. The van der Waals surface area contributed by atoms with Crippen molar-refractivity contribution < 1.29 is 4.79 Å². The Morgan fingerprint density at radius 2 is 2.21 bits per heavy atom. The van der Waals surface area contributed by atoms with Gasteiger partial charge in [-0.05, 0) is 49.3 Å². The Morgan fingerprint density at radius 1 is 1.42 bits per heavy atom. The maximum absolute atomic E-state index is 12.2. The van der Waals surface area contributed by atoms with E-state index in [0.717, 1.165) is 18.0 Å². The van der Waals surface area contributed by atoms with E-state index < -0.39 is 0 Å². The van der Waals surface area contributed by atoms with Gasteiger partial charge < -0.3 is 10.7 Å². The van der Waals surface area contributed by atoms with Gasteiger partial charge in [-0.15, -0.1) is 0 Å². The summed E-state index contributed by atoms with van der Waals surface area (Å²) in [5.74, 6) is 6.83. The fraction of sp³-hybridized carbons (Fsp3) is 0.533. The summed E-state index contributed by atoms with van der Waals surface area (Å²) in [4.78, 5) is 12.2. The van der Waals surface area contributed by atoms with Crippen LogP contribution in [0.5, 0.6) is 0 Å². The molecule has 0 radical (unpaired) electrons. The summed E-state index contributed by atoms with van der Waals surface area (Å²) in [5.41, 5.74) is 4.96. The molecule has 1 saturated carbocycles. The number of hydrogen-bond acceptors (Lipinski definition) is 3. The van der Waals surface area contributed by atoms with E-state index in [0.29, 0.717) is 17.2 Å². The number of nitrogens with two attached hydrogens (primary N) is 1. The van der Waals surface area contributed by atoms with E-state index in [1.165, 1.54) is 19.3 Å². The molecule has 0 aromatic heterocycles. The molecular formula is C15H23N3O. The fourth-order valence-corrected chi connectivity index (χ4v) is 2.82. The van der Waals surface area contributed by atoms with Gasteiger partial charge in [0.25, 0.3) is 5.91 Å². The minimum atomic E-state index is -0.0486. The van der Waals surface area contributed by atoms with E-state index in [4.69, 9.17) is 5.84 Å². The van der Waals surface area contributed by atoms with Crippen molar-refractivity contribution in [1.29, 1.82) is 0 Å². The summed E-state index contributed by atoms with van der Waals surface area (Å²) in [6, 6.07) is 5.62. The van der Waals surface area contributed by atoms with Gasteiger partial charge in [0.05, 0.1) is 11.3 Å². The van der Waals surface area contributed by atoms with Crippen LogP contribution in [0.4, 0.5) is 5.69 Å². The summed E-state index contributed by atoms with van der Waals surface area (Å²) in [7, 11) is 0. The number of nitrogens with one attached hydrogen (secondary N) is 2. The minimum Gasteiger partial charge on any atom is -0.352 e. The van der Waals surface area contributed by atoms with E-state index in [1.54, 1.807) is 0 Å². The highest BCUT2D eigenvalue weighted by molar-refractivity contribution is 5.99. The van der Waals surface area contributed by atoms with Gasteiger partial charge >= 0.3 is 0 Å². The topological polar surface area (TPSA) is 67.2 Å². The molecule has 1 fully saturated rings. The first-order valence-corrected chi connectivity index (χ1v) is 6.95. The summed E-state index contributed by atoms with van der Waals surface area (Å²) in [6.07, 6.45) is 3.72. The van der Waals surface area contributed by atoms with Gasteiger partial charge in [-0.3, -0.25) is 10.6 Å². The molecule has 0 spiro atoms. The van der Waals surface area contributed by atoms with Crippen LogP contribution in [0, 0.1) is 18.8 Å². The third-order valence-corrected chi connectivity index (χ3v) is 3.93. The lowest BCUT2D eigenvalue weighted by Crippen LogP contribution is -2.29. The number of benzene rings is 1. The highest BCUT2D eigenvalue weighted by Gasteiger charge is 2.22. The van der Waals surface area contributed by atoms with Crippen LogP contribution >= 0.6 is 0 Å². The first kappa shape index (κ1) is 13.9. The Kier molecular flexibility index (Phi) is 4.43. The maximum Gasteiger partial charge on any atom is 0.253 e. The van der Waals surface area contributed by atoms with Crippen molar-refractivity contribution in [2.45, 2.75) is 33.1 Å². The van der Waals surface area contributed by atoms with Crippen LogP contribution in [-0.4, -0.2) is 12.5 Å². The smallest absolute Gasteiger partial charge is 0.253 e. The molecule has 1 aliphatic rings. The van der Waals surface area contributed by atoms with E-state index in [1.807, 2.05) is 25.1 Å². The predicted octanol–water partition coefficient (Wildman–Crippen LogP) is 2.45. The van der Waals surface area contributed by atoms with Crippen LogP contribution in [-0.2, 0) is 0 Å². The lowest BCUT2D eigenvalue weighted by Gasteiger charge is -2.13. The molecular weight excluding hydrogens is 238 g/mol. The molecule has 104 valence electrons. The second-order valence-corrected chi connectivity index (χ2v) is 5.69. The zero-order valence-electron chi connectivity index (χ0n) is 11.7. The van der Waals surface area contributed by atoms with Crippen LogP contribution < -0.4 is 16.6 Å². The number of anilines is 1. The third kappa shape index (κ3) is 3.47. The van der Waals surface area contributed by atoms with Crippen LogP contribution in [0.25, 0.3) is 0 Å². The van der Waals surface area contributed by atoms with Crippen molar-refractivity contribution in [2.24, 2.45) is 17.7 Å². The summed E-state index contributed by atoms with van der Waals surface area (Å²) < 4.78 is 0. The number of aryl methyl sites for hydroxylation is 1. The van der Waals surface area contributed by atoms with E-state index in [2.05, 4.69) is 17.7 Å². The average Bonchev–Trinajstić information content (AvgIpc) is 2.81. The number of rotatable bonds is 4. The fourth-order valence-electron chi connectivity index (χ4n) is 2.82. The van der Waals surface area contributed by atoms with E-state index in [9.17, 15) is 4.79 Å². The second kappa shape index (κ2) is 6.06. The number of nitrogen functional groups attached to an aromatic ring is 1. The second-order valence-electron chi connectivity index (χ2n) is 5.69. The molecule has 0 aliphatic heterocycles. The Morgan fingerprint density at radius 3 is 2.84 bits per heavy atom.